The van der Waals surface area contributed by atoms with Crippen LogP contribution in [-0.4, -0.2) is 6.61 Å². The Morgan fingerprint density at radius 1 is 1.10 bits per heavy atom. The van der Waals surface area contributed by atoms with Crippen molar-refractivity contribution in [2.24, 2.45) is 17.8 Å². The van der Waals surface area contributed by atoms with Gasteiger partial charge in [-0.1, -0.05) is 32.6 Å². The SMILES string of the molecule is CCCC1CCC(C2COc3c(F)cc(F)cc3C2)CC1. The molecule has 0 N–H and O–H groups in total. The largest absolute Gasteiger partial charge is 0.490 e. The minimum Gasteiger partial charge on any atom is -0.490 e. The summed E-state index contributed by atoms with van der Waals surface area (Å²) in [6.45, 7) is 2.83. The highest BCUT2D eigenvalue weighted by atomic mass is 19.1. The summed E-state index contributed by atoms with van der Waals surface area (Å²) in [4.78, 5) is 0. The van der Waals surface area contributed by atoms with Gasteiger partial charge in [-0.05, 0) is 43.1 Å². The van der Waals surface area contributed by atoms with Crippen molar-refractivity contribution >= 4 is 0 Å². The molecule has 0 radical (unpaired) electrons. The molecule has 2 aliphatic rings. The molecule has 0 aromatic heterocycles. The van der Waals surface area contributed by atoms with Gasteiger partial charge in [0.05, 0.1) is 6.61 Å². The molecule has 116 valence electrons. The highest BCUT2D eigenvalue weighted by Crippen LogP contribution is 2.40. The Kier molecular flexibility index (Phi) is 4.46. The lowest BCUT2D eigenvalue weighted by Gasteiger charge is -2.36. The van der Waals surface area contributed by atoms with Gasteiger partial charge in [0.2, 0.25) is 0 Å². The number of halogens is 2. The van der Waals surface area contributed by atoms with Crippen molar-refractivity contribution in [3.05, 3.63) is 29.3 Å². The lowest BCUT2D eigenvalue weighted by atomic mass is 9.73. The number of benzene rings is 1. The molecule has 0 spiro atoms. The Bertz CT molecular complexity index is 492. The lowest BCUT2D eigenvalue weighted by Crippen LogP contribution is -2.31. The van der Waals surface area contributed by atoms with Gasteiger partial charge in [-0.15, -0.1) is 0 Å². The third-order valence-corrected chi connectivity index (χ3v) is 5.26. The molecule has 1 atom stereocenters. The van der Waals surface area contributed by atoms with E-state index in [1.54, 1.807) is 0 Å². The molecule has 1 aliphatic heterocycles. The zero-order chi connectivity index (χ0) is 14.8. The first-order valence-corrected chi connectivity index (χ1v) is 8.28. The number of hydrogen-bond acceptors (Lipinski definition) is 1. The van der Waals surface area contributed by atoms with Crippen molar-refractivity contribution < 1.29 is 13.5 Å². The Labute approximate surface area is 125 Å². The maximum Gasteiger partial charge on any atom is 0.168 e. The number of ether oxygens (including phenoxy) is 1. The first-order chi connectivity index (χ1) is 10.2. The van der Waals surface area contributed by atoms with E-state index in [0.717, 1.165) is 18.4 Å². The van der Waals surface area contributed by atoms with E-state index >= 15 is 0 Å². The Morgan fingerprint density at radius 2 is 1.86 bits per heavy atom. The van der Waals surface area contributed by atoms with Gasteiger partial charge >= 0.3 is 0 Å². The lowest BCUT2D eigenvalue weighted by molar-refractivity contribution is 0.122. The molecule has 0 saturated heterocycles. The van der Waals surface area contributed by atoms with E-state index in [1.807, 2.05) is 0 Å². The first-order valence-electron chi connectivity index (χ1n) is 8.28. The molecule has 1 fully saturated rings. The quantitative estimate of drug-likeness (QED) is 0.751. The van der Waals surface area contributed by atoms with Crippen LogP contribution in [0.3, 0.4) is 0 Å². The second-order valence-electron chi connectivity index (χ2n) is 6.72. The molecule has 1 saturated carbocycles. The van der Waals surface area contributed by atoms with Crippen LogP contribution in [0.4, 0.5) is 8.78 Å². The third kappa shape index (κ3) is 3.22. The zero-order valence-corrected chi connectivity index (χ0v) is 12.7. The maximum atomic E-state index is 13.7. The molecule has 1 aliphatic carbocycles. The van der Waals surface area contributed by atoms with E-state index in [4.69, 9.17) is 4.74 Å². The van der Waals surface area contributed by atoms with Gasteiger partial charge in [0.15, 0.2) is 11.6 Å². The van der Waals surface area contributed by atoms with Gasteiger partial charge in [-0.3, -0.25) is 0 Å². The summed E-state index contributed by atoms with van der Waals surface area (Å²) in [6, 6.07) is 2.35. The second kappa shape index (κ2) is 6.33. The fraction of sp³-hybridized carbons (Fsp3) is 0.667. The normalized spacial score (nSPS) is 28.8. The summed E-state index contributed by atoms with van der Waals surface area (Å²) >= 11 is 0. The zero-order valence-electron chi connectivity index (χ0n) is 12.7. The standard InChI is InChI=1S/C18H24F2O/c1-2-3-12-4-6-13(7-5-12)15-8-14-9-16(19)10-17(20)18(14)21-11-15/h9-10,12-13,15H,2-8,11H2,1H3. The number of hydrogen-bond donors (Lipinski definition) is 0. The Balaban J connectivity index is 1.64. The summed E-state index contributed by atoms with van der Waals surface area (Å²) in [7, 11) is 0. The molecule has 0 amide bonds. The smallest absolute Gasteiger partial charge is 0.168 e. The van der Waals surface area contributed by atoms with E-state index < -0.39 is 11.6 Å². The molecule has 3 rings (SSSR count). The van der Waals surface area contributed by atoms with Crippen molar-refractivity contribution in [2.45, 2.75) is 51.9 Å². The van der Waals surface area contributed by atoms with Crippen molar-refractivity contribution in [1.29, 1.82) is 0 Å². The minimum absolute atomic E-state index is 0.271. The summed E-state index contributed by atoms with van der Waals surface area (Å²) in [5.74, 6) is 1.17. The van der Waals surface area contributed by atoms with Gasteiger partial charge in [-0.25, -0.2) is 8.78 Å². The maximum absolute atomic E-state index is 13.7. The van der Waals surface area contributed by atoms with Gasteiger partial charge in [-0.2, -0.15) is 0 Å². The molecule has 0 bridgehead atoms. The molecular formula is C18H24F2O. The van der Waals surface area contributed by atoms with Crippen LogP contribution in [0.5, 0.6) is 5.75 Å². The molecule has 1 unspecified atom stereocenters. The van der Waals surface area contributed by atoms with Crippen LogP contribution in [0, 0.1) is 29.4 Å². The van der Waals surface area contributed by atoms with Crippen molar-refractivity contribution in [2.75, 3.05) is 6.61 Å². The number of rotatable bonds is 3. The van der Waals surface area contributed by atoms with Crippen LogP contribution in [0.1, 0.15) is 51.0 Å². The third-order valence-electron chi connectivity index (χ3n) is 5.26. The van der Waals surface area contributed by atoms with Crippen molar-refractivity contribution in [3.63, 3.8) is 0 Å². The fourth-order valence-electron chi connectivity index (χ4n) is 4.12. The Hall–Kier alpha value is -1.12. The van der Waals surface area contributed by atoms with E-state index in [9.17, 15) is 8.78 Å². The van der Waals surface area contributed by atoms with Gasteiger partial charge < -0.3 is 4.74 Å². The van der Waals surface area contributed by atoms with Crippen LogP contribution in [0.2, 0.25) is 0 Å². The van der Waals surface area contributed by atoms with Crippen LogP contribution in [-0.2, 0) is 6.42 Å². The molecule has 1 aromatic rings. The van der Waals surface area contributed by atoms with Gasteiger partial charge in [0.25, 0.3) is 0 Å². The average Bonchev–Trinajstić information content (AvgIpc) is 2.47. The van der Waals surface area contributed by atoms with Gasteiger partial charge in [0.1, 0.15) is 5.82 Å². The summed E-state index contributed by atoms with van der Waals surface area (Å²) in [5, 5.41) is 0. The van der Waals surface area contributed by atoms with Crippen molar-refractivity contribution in [3.8, 4) is 5.75 Å². The van der Waals surface area contributed by atoms with E-state index in [2.05, 4.69) is 6.92 Å². The monoisotopic (exact) mass is 294 g/mol. The molecular weight excluding hydrogens is 270 g/mol. The minimum atomic E-state index is -0.560. The summed E-state index contributed by atoms with van der Waals surface area (Å²) < 4.78 is 32.6. The topological polar surface area (TPSA) is 9.23 Å². The molecule has 3 heteroatoms. The van der Waals surface area contributed by atoms with E-state index in [0.29, 0.717) is 24.0 Å². The molecule has 21 heavy (non-hydrogen) atoms. The highest BCUT2D eigenvalue weighted by molar-refractivity contribution is 5.37. The van der Waals surface area contributed by atoms with Crippen LogP contribution in [0.15, 0.2) is 12.1 Å². The highest BCUT2D eigenvalue weighted by Gasteiger charge is 2.32. The van der Waals surface area contributed by atoms with Crippen LogP contribution < -0.4 is 4.74 Å². The predicted octanol–water partition coefficient (Wildman–Crippen LogP) is 5.12. The van der Waals surface area contributed by atoms with Crippen LogP contribution in [0.25, 0.3) is 0 Å². The second-order valence-corrected chi connectivity index (χ2v) is 6.72. The summed E-state index contributed by atoms with van der Waals surface area (Å²) in [5.41, 5.74) is 0.708. The summed E-state index contributed by atoms with van der Waals surface area (Å²) in [6.07, 6.45) is 8.46. The van der Waals surface area contributed by atoms with Gasteiger partial charge in [0, 0.05) is 11.6 Å². The fourth-order valence-corrected chi connectivity index (χ4v) is 4.12. The molecule has 1 nitrogen and oxygen atoms in total. The van der Waals surface area contributed by atoms with E-state index in [-0.39, 0.29) is 5.75 Å². The van der Waals surface area contributed by atoms with Crippen LogP contribution >= 0.6 is 0 Å². The first kappa shape index (κ1) is 14.8. The average molecular weight is 294 g/mol. The van der Waals surface area contributed by atoms with E-state index in [1.165, 1.54) is 44.6 Å². The Morgan fingerprint density at radius 3 is 2.57 bits per heavy atom. The number of fused-ring (bicyclic) bond motifs is 1. The molecule has 1 heterocycles. The predicted molar refractivity (Wildman–Crippen MR) is 79.4 cm³/mol. The van der Waals surface area contributed by atoms with Crippen molar-refractivity contribution in [1.82, 2.24) is 0 Å². The molecule has 1 aromatic carbocycles.